The van der Waals surface area contributed by atoms with E-state index in [9.17, 15) is 9.59 Å². The zero-order chi connectivity index (χ0) is 17.1. The van der Waals surface area contributed by atoms with Gasteiger partial charge in [0.1, 0.15) is 5.75 Å². The molecule has 0 N–H and O–H groups in total. The van der Waals surface area contributed by atoms with Crippen molar-refractivity contribution in [1.82, 2.24) is 0 Å². The molecule has 0 aromatic heterocycles. The molecule has 1 aromatic rings. The molecule has 22 heavy (non-hydrogen) atoms. The Balaban J connectivity index is 3.01. The Morgan fingerprint density at radius 3 is 2.32 bits per heavy atom. The summed E-state index contributed by atoms with van der Waals surface area (Å²) < 4.78 is 11.3. The summed E-state index contributed by atoms with van der Waals surface area (Å²) in [6.45, 7) is 14.5. The number of esters is 1. The summed E-state index contributed by atoms with van der Waals surface area (Å²) in [6, 6.07) is 3.63. The highest BCUT2D eigenvalue weighted by Crippen LogP contribution is 2.37. The third kappa shape index (κ3) is 4.51. The normalized spacial score (nSPS) is 12.1. The van der Waals surface area contributed by atoms with E-state index >= 15 is 0 Å². The molecule has 0 aliphatic heterocycles. The molecule has 0 radical (unpaired) electrons. The van der Waals surface area contributed by atoms with Crippen LogP contribution >= 0.6 is 0 Å². The molecule has 0 bridgehead atoms. The second kappa shape index (κ2) is 6.75. The maximum Gasteiger partial charge on any atom is 0.308 e. The minimum atomic E-state index is -1.85. The largest absolute Gasteiger partial charge is 0.426 e. The molecule has 0 spiro atoms. The fourth-order valence-electron chi connectivity index (χ4n) is 1.81. The zero-order valence-electron chi connectivity index (χ0n) is 14.6. The number of ether oxygens (including phenoxy) is 1. The molecule has 4 nitrogen and oxygen atoms in total. The Morgan fingerprint density at radius 1 is 1.27 bits per heavy atom. The third-order valence-electron chi connectivity index (χ3n) is 4.14. The third-order valence-corrected chi connectivity index (χ3v) is 8.62. The Labute approximate surface area is 134 Å². The number of carbonyl (C=O) groups excluding carboxylic acids is 2. The van der Waals surface area contributed by atoms with Gasteiger partial charge >= 0.3 is 5.97 Å². The lowest BCUT2D eigenvalue weighted by Crippen LogP contribution is -2.40. The second-order valence-electron chi connectivity index (χ2n) is 7.09. The summed E-state index contributed by atoms with van der Waals surface area (Å²) in [6.07, 6.45) is 0.709. The molecule has 0 saturated heterocycles. The summed E-state index contributed by atoms with van der Waals surface area (Å²) >= 11 is 0. The molecular formula is C17H26O4Si. The second-order valence-corrected chi connectivity index (χ2v) is 11.9. The van der Waals surface area contributed by atoms with Crippen molar-refractivity contribution in [2.24, 2.45) is 0 Å². The van der Waals surface area contributed by atoms with E-state index in [-0.39, 0.29) is 5.04 Å². The van der Waals surface area contributed by atoms with E-state index < -0.39 is 14.3 Å². The quantitative estimate of drug-likeness (QED) is 0.352. The summed E-state index contributed by atoms with van der Waals surface area (Å²) in [5.74, 6) is -0.102. The van der Waals surface area contributed by atoms with Crippen molar-refractivity contribution in [3.05, 3.63) is 28.8 Å². The standard InChI is InChI=1S/C17H26O4Si/c1-12-8-14(11-20-22(6,7)17(3,4)5)9-15(10-18)16(12)21-13(2)19/h8-10H,11H2,1-7H3. The van der Waals surface area contributed by atoms with E-state index in [1.54, 1.807) is 6.07 Å². The number of rotatable bonds is 5. The molecule has 0 fully saturated rings. The highest BCUT2D eigenvalue weighted by Gasteiger charge is 2.37. The Kier molecular flexibility index (Phi) is 5.70. The molecule has 5 heteroatoms. The molecule has 0 aliphatic carbocycles. The first-order valence-electron chi connectivity index (χ1n) is 7.39. The SMILES string of the molecule is CC(=O)Oc1c(C)cc(CO[Si](C)(C)C(C)(C)C)cc1C=O. The Hall–Kier alpha value is -1.46. The van der Waals surface area contributed by atoms with Gasteiger partial charge in [-0.05, 0) is 42.2 Å². The smallest absolute Gasteiger partial charge is 0.308 e. The van der Waals surface area contributed by atoms with Crippen LogP contribution in [-0.4, -0.2) is 20.6 Å². The van der Waals surface area contributed by atoms with Crippen LogP contribution in [0, 0.1) is 6.92 Å². The van der Waals surface area contributed by atoms with E-state index in [2.05, 4.69) is 33.9 Å². The van der Waals surface area contributed by atoms with Crippen LogP contribution < -0.4 is 4.74 Å². The van der Waals surface area contributed by atoms with Crippen molar-refractivity contribution in [1.29, 1.82) is 0 Å². The van der Waals surface area contributed by atoms with Gasteiger partial charge in [-0.2, -0.15) is 0 Å². The van der Waals surface area contributed by atoms with Gasteiger partial charge in [-0.3, -0.25) is 9.59 Å². The minimum absolute atomic E-state index is 0.132. The fraction of sp³-hybridized carbons (Fsp3) is 0.529. The number of carbonyl (C=O) groups is 2. The van der Waals surface area contributed by atoms with Crippen LogP contribution in [0.1, 0.15) is 49.2 Å². The van der Waals surface area contributed by atoms with Crippen molar-refractivity contribution in [3.63, 3.8) is 0 Å². The average molecular weight is 322 g/mol. The first kappa shape index (κ1) is 18.6. The van der Waals surface area contributed by atoms with E-state index in [1.807, 2.05) is 13.0 Å². The number of aldehydes is 1. The highest BCUT2D eigenvalue weighted by molar-refractivity contribution is 6.74. The highest BCUT2D eigenvalue weighted by atomic mass is 28.4. The van der Waals surface area contributed by atoms with Gasteiger partial charge in [-0.15, -0.1) is 0 Å². The molecule has 0 saturated carbocycles. The van der Waals surface area contributed by atoms with Crippen LogP contribution in [-0.2, 0) is 15.8 Å². The van der Waals surface area contributed by atoms with Gasteiger partial charge in [0.25, 0.3) is 0 Å². The number of hydrogen-bond donors (Lipinski definition) is 0. The van der Waals surface area contributed by atoms with Crippen molar-refractivity contribution in [3.8, 4) is 5.75 Å². The van der Waals surface area contributed by atoms with E-state index in [0.29, 0.717) is 24.2 Å². The molecule has 0 aliphatic rings. The lowest BCUT2D eigenvalue weighted by atomic mass is 10.1. The molecule has 1 rings (SSSR count). The first-order valence-corrected chi connectivity index (χ1v) is 10.3. The molecule has 0 atom stereocenters. The van der Waals surface area contributed by atoms with Gasteiger partial charge in [-0.25, -0.2) is 0 Å². The maximum atomic E-state index is 11.3. The number of benzene rings is 1. The fourth-order valence-corrected chi connectivity index (χ4v) is 2.77. The minimum Gasteiger partial charge on any atom is -0.426 e. The van der Waals surface area contributed by atoms with Crippen LogP contribution in [0.25, 0.3) is 0 Å². The van der Waals surface area contributed by atoms with Gasteiger partial charge in [0.05, 0.1) is 12.2 Å². The summed E-state index contributed by atoms with van der Waals surface area (Å²) in [5.41, 5.74) is 2.05. The van der Waals surface area contributed by atoms with Crippen LogP contribution in [0.15, 0.2) is 12.1 Å². The number of aryl methyl sites for hydroxylation is 1. The predicted molar refractivity (Wildman–Crippen MR) is 89.9 cm³/mol. The van der Waals surface area contributed by atoms with Crippen molar-refractivity contribution < 1.29 is 18.8 Å². The summed E-state index contributed by atoms with van der Waals surface area (Å²) in [7, 11) is -1.85. The van der Waals surface area contributed by atoms with Crippen LogP contribution in [0.2, 0.25) is 18.1 Å². The van der Waals surface area contributed by atoms with Crippen molar-refractivity contribution in [2.45, 2.75) is 59.4 Å². The molecule has 0 unspecified atom stereocenters. The van der Waals surface area contributed by atoms with Crippen LogP contribution in [0.5, 0.6) is 5.75 Å². The first-order chi connectivity index (χ1) is 9.98. The average Bonchev–Trinajstić information content (AvgIpc) is 2.37. The van der Waals surface area contributed by atoms with Crippen molar-refractivity contribution >= 4 is 20.6 Å². The topological polar surface area (TPSA) is 52.6 Å². The predicted octanol–water partition coefficient (Wildman–Crippen LogP) is 4.25. The molecule has 0 amide bonds. The van der Waals surface area contributed by atoms with E-state index in [4.69, 9.17) is 9.16 Å². The lowest BCUT2D eigenvalue weighted by molar-refractivity contribution is -0.131. The maximum absolute atomic E-state index is 11.3. The summed E-state index contributed by atoms with van der Waals surface area (Å²) in [5, 5.41) is 0.132. The summed E-state index contributed by atoms with van der Waals surface area (Å²) in [4.78, 5) is 22.4. The van der Waals surface area contributed by atoms with Crippen molar-refractivity contribution in [2.75, 3.05) is 0 Å². The monoisotopic (exact) mass is 322 g/mol. The van der Waals surface area contributed by atoms with E-state index in [0.717, 1.165) is 11.1 Å². The zero-order valence-corrected chi connectivity index (χ0v) is 15.6. The molecule has 1 aromatic carbocycles. The van der Waals surface area contributed by atoms with Crippen LogP contribution in [0.4, 0.5) is 0 Å². The number of hydrogen-bond acceptors (Lipinski definition) is 4. The Bertz CT molecular complexity index is 571. The van der Waals surface area contributed by atoms with Crippen LogP contribution in [0.3, 0.4) is 0 Å². The Morgan fingerprint density at radius 2 is 1.86 bits per heavy atom. The molecule has 122 valence electrons. The van der Waals surface area contributed by atoms with E-state index in [1.165, 1.54) is 6.92 Å². The van der Waals surface area contributed by atoms with Gasteiger partial charge in [0, 0.05) is 6.92 Å². The van der Waals surface area contributed by atoms with Gasteiger partial charge < -0.3 is 9.16 Å². The molecular weight excluding hydrogens is 296 g/mol. The van der Waals surface area contributed by atoms with Gasteiger partial charge in [0.2, 0.25) is 0 Å². The van der Waals surface area contributed by atoms with Gasteiger partial charge in [-0.1, -0.05) is 26.8 Å². The molecule has 0 heterocycles. The lowest BCUT2D eigenvalue weighted by Gasteiger charge is -2.36. The van der Waals surface area contributed by atoms with Gasteiger partial charge in [0.15, 0.2) is 14.6 Å².